The van der Waals surface area contributed by atoms with Gasteiger partial charge in [0.15, 0.2) is 11.5 Å². The average Bonchev–Trinajstić information content (AvgIpc) is 2.32. The Balaban J connectivity index is 2.62. The van der Waals surface area contributed by atoms with E-state index in [0.29, 0.717) is 21.9 Å². The van der Waals surface area contributed by atoms with Gasteiger partial charge in [-0.15, -0.1) is 0 Å². The maximum absolute atomic E-state index is 6.17. The van der Waals surface area contributed by atoms with E-state index in [2.05, 4.69) is 26.1 Å². The van der Waals surface area contributed by atoms with Crippen molar-refractivity contribution in [2.45, 2.75) is 33.7 Å². The largest absolute Gasteiger partial charge is 0.493 e. The van der Waals surface area contributed by atoms with Crippen LogP contribution < -0.4 is 14.8 Å². The van der Waals surface area contributed by atoms with Gasteiger partial charge in [0.2, 0.25) is 0 Å². The van der Waals surface area contributed by atoms with Crippen molar-refractivity contribution in [2.24, 2.45) is 5.41 Å². The molecule has 3 nitrogen and oxygen atoms in total. The molecular weight excluding hydrogens is 262 g/mol. The van der Waals surface area contributed by atoms with Gasteiger partial charge in [-0.2, -0.15) is 0 Å². The van der Waals surface area contributed by atoms with Gasteiger partial charge in [-0.1, -0.05) is 32.4 Å². The number of benzene rings is 1. The molecule has 0 amide bonds. The minimum absolute atomic E-state index is 0.349. The Morgan fingerprint density at radius 1 is 1.16 bits per heavy atom. The van der Waals surface area contributed by atoms with Crippen molar-refractivity contribution in [3.05, 3.63) is 22.7 Å². The number of hydrogen-bond donors (Lipinski definition) is 1. The fourth-order valence-electron chi connectivity index (χ4n) is 1.77. The van der Waals surface area contributed by atoms with E-state index in [4.69, 9.17) is 21.1 Å². The summed E-state index contributed by atoms with van der Waals surface area (Å²) in [5, 5.41) is 4.00. The predicted octanol–water partition coefficient (Wildman–Crippen LogP) is 3.88. The van der Waals surface area contributed by atoms with E-state index in [9.17, 15) is 0 Å². The van der Waals surface area contributed by atoms with E-state index in [0.717, 1.165) is 25.1 Å². The molecule has 1 rings (SSSR count). The molecule has 0 aromatic heterocycles. The van der Waals surface area contributed by atoms with Crippen molar-refractivity contribution in [2.75, 3.05) is 20.8 Å². The third kappa shape index (κ3) is 5.29. The van der Waals surface area contributed by atoms with Crippen molar-refractivity contribution in [3.63, 3.8) is 0 Å². The van der Waals surface area contributed by atoms with Gasteiger partial charge < -0.3 is 14.8 Å². The number of nitrogens with one attached hydrogen (secondary N) is 1. The summed E-state index contributed by atoms with van der Waals surface area (Å²) in [5.41, 5.74) is 1.44. The van der Waals surface area contributed by atoms with Gasteiger partial charge >= 0.3 is 0 Å². The Kier molecular flexibility index (Phi) is 5.95. The lowest BCUT2D eigenvalue weighted by Crippen LogP contribution is -2.20. The van der Waals surface area contributed by atoms with Crippen LogP contribution in [0, 0.1) is 5.41 Å². The number of rotatable bonds is 6. The molecule has 0 unspecified atom stereocenters. The smallest absolute Gasteiger partial charge is 0.179 e. The molecule has 4 heteroatoms. The Morgan fingerprint density at radius 2 is 1.84 bits per heavy atom. The molecule has 1 aromatic carbocycles. The predicted molar refractivity (Wildman–Crippen MR) is 80.3 cm³/mol. The first kappa shape index (κ1) is 16.1. The summed E-state index contributed by atoms with van der Waals surface area (Å²) >= 11 is 6.17. The molecule has 19 heavy (non-hydrogen) atoms. The zero-order chi connectivity index (χ0) is 14.5. The summed E-state index contributed by atoms with van der Waals surface area (Å²) in [6.07, 6.45) is 1.13. The molecule has 0 fully saturated rings. The molecular formula is C15H24ClNO2. The third-order valence-corrected chi connectivity index (χ3v) is 3.16. The van der Waals surface area contributed by atoms with Crippen LogP contribution in [0.4, 0.5) is 0 Å². The Hall–Kier alpha value is -0.930. The van der Waals surface area contributed by atoms with Crippen LogP contribution in [0.25, 0.3) is 0 Å². The number of hydrogen-bond acceptors (Lipinski definition) is 3. The van der Waals surface area contributed by atoms with Crippen LogP contribution in [0.3, 0.4) is 0 Å². The van der Waals surface area contributed by atoms with Gasteiger partial charge in [-0.05, 0) is 36.1 Å². The molecule has 0 saturated carbocycles. The summed E-state index contributed by atoms with van der Waals surface area (Å²) in [7, 11) is 3.20. The quantitative estimate of drug-likeness (QED) is 0.805. The second-order valence-corrected chi connectivity index (χ2v) is 6.21. The Morgan fingerprint density at radius 3 is 2.37 bits per heavy atom. The van der Waals surface area contributed by atoms with Crippen molar-refractivity contribution in [1.82, 2.24) is 5.32 Å². The van der Waals surface area contributed by atoms with E-state index in [1.165, 1.54) is 0 Å². The van der Waals surface area contributed by atoms with Gasteiger partial charge in [0, 0.05) is 6.54 Å². The zero-order valence-electron chi connectivity index (χ0n) is 12.5. The highest BCUT2D eigenvalue weighted by Gasteiger charge is 2.11. The molecule has 0 aliphatic carbocycles. The van der Waals surface area contributed by atoms with Gasteiger partial charge in [-0.25, -0.2) is 0 Å². The van der Waals surface area contributed by atoms with E-state index in [1.54, 1.807) is 14.2 Å². The molecule has 1 N–H and O–H groups in total. The Labute approximate surface area is 121 Å². The molecule has 0 bridgehead atoms. The van der Waals surface area contributed by atoms with Crippen molar-refractivity contribution < 1.29 is 9.47 Å². The fourth-order valence-corrected chi connectivity index (χ4v) is 2.08. The molecule has 1 aromatic rings. The summed E-state index contributed by atoms with van der Waals surface area (Å²) in [4.78, 5) is 0. The number of halogens is 1. The molecule has 0 radical (unpaired) electrons. The van der Waals surface area contributed by atoms with Gasteiger partial charge in [0.1, 0.15) is 0 Å². The van der Waals surface area contributed by atoms with Crippen molar-refractivity contribution in [1.29, 1.82) is 0 Å². The summed E-state index contributed by atoms with van der Waals surface area (Å²) in [5.74, 6) is 1.25. The monoisotopic (exact) mass is 285 g/mol. The molecule has 108 valence electrons. The Bertz CT molecular complexity index is 413. The van der Waals surface area contributed by atoms with Crippen LogP contribution in [-0.2, 0) is 6.54 Å². The second kappa shape index (κ2) is 7.01. The SMILES string of the molecule is COc1cc(CNCCC(C)(C)C)cc(Cl)c1OC. The molecule has 0 saturated heterocycles. The number of methoxy groups -OCH3 is 2. The summed E-state index contributed by atoms with van der Waals surface area (Å²) < 4.78 is 10.5. The third-order valence-electron chi connectivity index (χ3n) is 2.87. The lowest BCUT2D eigenvalue weighted by atomic mass is 9.92. The van der Waals surface area contributed by atoms with Crippen LogP contribution in [0.5, 0.6) is 11.5 Å². The van der Waals surface area contributed by atoms with Crippen LogP contribution in [0.15, 0.2) is 12.1 Å². The van der Waals surface area contributed by atoms with Crippen molar-refractivity contribution in [3.8, 4) is 11.5 Å². The van der Waals surface area contributed by atoms with E-state index >= 15 is 0 Å². The molecule has 0 spiro atoms. The van der Waals surface area contributed by atoms with Crippen molar-refractivity contribution >= 4 is 11.6 Å². The van der Waals surface area contributed by atoms with Crippen LogP contribution in [0.1, 0.15) is 32.8 Å². The first-order valence-electron chi connectivity index (χ1n) is 6.48. The topological polar surface area (TPSA) is 30.5 Å². The van der Waals surface area contributed by atoms with E-state index < -0.39 is 0 Å². The minimum atomic E-state index is 0.349. The number of ether oxygens (including phenoxy) is 2. The zero-order valence-corrected chi connectivity index (χ0v) is 13.2. The normalized spacial score (nSPS) is 11.5. The summed E-state index contributed by atoms with van der Waals surface area (Å²) in [6, 6.07) is 3.86. The van der Waals surface area contributed by atoms with Gasteiger partial charge in [0.25, 0.3) is 0 Å². The highest BCUT2D eigenvalue weighted by Crippen LogP contribution is 2.35. The van der Waals surface area contributed by atoms with E-state index in [-0.39, 0.29) is 0 Å². The lowest BCUT2D eigenvalue weighted by Gasteiger charge is -2.18. The lowest BCUT2D eigenvalue weighted by molar-refractivity contribution is 0.354. The van der Waals surface area contributed by atoms with Crippen LogP contribution >= 0.6 is 11.6 Å². The highest BCUT2D eigenvalue weighted by atomic mass is 35.5. The molecule has 0 aliphatic heterocycles. The van der Waals surface area contributed by atoms with Gasteiger partial charge in [0.05, 0.1) is 19.2 Å². The second-order valence-electron chi connectivity index (χ2n) is 5.80. The van der Waals surface area contributed by atoms with Crippen LogP contribution in [0.2, 0.25) is 5.02 Å². The van der Waals surface area contributed by atoms with Gasteiger partial charge in [-0.3, -0.25) is 0 Å². The standard InChI is InChI=1S/C15H24ClNO2/c1-15(2,3)6-7-17-10-11-8-12(16)14(19-5)13(9-11)18-4/h8-9,17H,6-7,10H2,1-5H3. The minimum Gasteiger partial charge on any atom is -0.493 e. The first-order chi connectivity index (χ1) is 8.87. The average molecular weight is 286 g/mol. The molecule has 0 heterocycles. The maximum atomic E-state index is 6.17. The highest BCUT2D eigenvalue weighted by molar-refractivity contribution is 6.32. The summed E-state index contributed by atoms with van der Waals surface area (Å²) in [6.45, 7) is 8.47. The molecule has 0 aliphatic rings. The van der Waals surface area contributed by atoms with Crippen LogP contribution in [-0.4, -0.2) is 20.8 Å². The molecule has 0 atom stereocenters. The van der Waals surface area contributed by atoms with E-state index in [1.807, 2.05) is 12.1 Å². The fraction of sp³-hybridized carbons (Fsp3) is 0.600. The maximum Gasteiger partial charge on any atom is 0.179 e. The first-order valence-corrected chi connectivity index (χ1v) is 6.86.